The number of nitrogens with two attached hydrogens (primary N) is 1. The van der Waals surface area contributed by atoms with Gasteiger partial charge in [-0.25, -0.2) is 0 Å². The van der Waals surface area contributed by atoms with E-state index in [2.05, 4.69) is 15.4 Å². The lowest BCUT2D eigenvalue weighted by molar-refractivity contribution is -0.121. The number of carbonyl (C=O) groups is 1. The zero-order chi connectivity index (χ0) is 13.8. The second kappa shape index (κ2) is 6.91. The molecule has 0 aromatic carbocycles. The molecule has 7 heteroatoms. The van der Waals surface area contributed by atoms with Crippen LogP contribution in [0.3, 0.4) is 0 Å². The van der Waals surface area contributed by atoms with Gasteiger partial charge >= 0.3 is 0 Å². The summed E-state index contributed by atoms with van der Waals surface area (Å²) in [6, 6.07) is 3.42. The number of nitrogen functional groups attached to an aromatic ring is 1. The van der Waals surface area contributed by atoms with Crippen molar-refractivity contribution in [2.24, 2.45) is 7.05 Å². The predicted octanol–water partition coefficient (Wildman–Crippen LogP) is 1.24. The van der Waals surface area contributed by atoms with E-state index in [1.54, 1.807) is 29.2 Å². The third-order valence-electron chi connectivity index (χ3n) is 2.79. The first-order valence-electron chi connectivity index (χ1n) is 6.03. The summed E-state index contributed by atoms with van der Waals surface area (Å²) in [4.78, 5) is 16.0. The minimum atomic E-state index is -0.0753. The molecule has 0 saturated carbocycles. The molecule has 1 amide bonds. The van der Waals surface area contributed by atoms with E-state index < -0.39 is 0 Å². The van der Waals surface area contributed by atoms with Gasteiger partial charge in [0.15, 0.2) is 0 Å². The number of anilines is 1. The van der Waals surface area contributed by atoms with Gasteiger partial charge in [-0.2, -0.15) is 5.10 Å². The minimum absolute atomic E-state index is 0. The summed E-state index contributed by atoms with van der Waals surface area (Å²) < 4.78 is 1.71. The number of halogens is 1. The average Bonchev–Trinajstić information content (AvgIpc) is 2.79. The van der Waals surface area contributed by atoms with Crippen LogP contribution in [-0.4, -0.2) is 20.7 Å². The van der Waals surface area contributed by atoms with Crippen molar-refractivity contribution in [2.45, 2.75) is 19.4 Å². The lowest BCUT2D eigenvalue weighted by Gasteiger charge is -2.11. The zero-order valence-electron chi connectivity index (χ0n) is 11.4. The molecule has 0 spiro atoms. The number of carbonyl (C=O) groups excluding carboxylic acids is 1. The monoisotopic (exact) mass is 295 g/mol. The van der Waals surface area contributed by atoms with Gasteiger partial charge in [0.25, 0.3) is 0 Å². The van der Waals surface area contributed by atoms with Crippen molar-refractivity contribution in [3.8, 4) is 0 Å². The van der Waals surface area contributed by atoms with Crippen molar-refractivity contribution in [1.82, 2.24) is 20.1 Å². The van der Waals surface area contributed by atoms with Crippen LogP contribution in [0.1, 0.15) is 24.2 Å². The van der Waals surface area contributed by atoms with Crippen molar-refractivity contribution in [3.05, 3.63) is 42.0 Å². The Hall–Kier alpha value is -2.08. The molecule has 0 saturated heterocycles. The molecule has 2 aromatic heterocycles. The van der Waals surface area contributed by atoms with Gasteiger partial charge in [-0.15, -0.1) is 12.4 Å². The van der Waals surface area contributed by atoms with Gasteiger partial charge < -0.3 is 11.1 Å². The van der Waals surface area contributed by atoms with Crippen LogP contribution in [0.2, 0.25) is 0 Å². The van der Waals surface area contributed by atoms with Gasteiger partial charge in [-0.05, 0) is 19.1 Å². The summed E-state index contributed by atoms with van der Waals surface area (Å²) in [6.07, 6.45) is 5.41. The first-order valence-corrected chi connectivity index (χ1v) is 6.03. The SMILES string of the molecule is CC(NC(=O)Cc1ccc(N)cn1)c1cnn(C)c1.Cl. The molecule has 2 aromatic rings. The van der Waals surface area contributed by atoms with Crippen molar-refractivity contribution in [1.29, 1.82) is 0 Å². The van der Waals surface area contributed by atoms with Gasteiger partial charge in [-0.1, -0.05) is 0 Å². The second-order valence-electron chi connectivity index (χ2n) is 4.50. The van der Waals surface area contributed by atoms with Crippen LogP contribution < -0.4 is 11.1 Å². The van der Waals surface area contributed by atoms with E-state index in [9.17, 15) is 4.79 Å². The predicted molar refractivity (Wildman–Crippen MR) is 79.4 cm³/mol. The molecule has 1 atom stereocenters. The molecule has 6 nitrogen and oxygen atoms in total. The van der Waals surface area contributed by atoms with Gasteiger partial charge in [0.1, 0.15) is 0 Å². The summed E-state index contributed by atoms with van der Waals surface area (Å²) in [7, 11) is 1.84. The van der Waals surface area contributed by atoms with E-state index >= 15 is 0 Å². The van der Waals surface area contributed by atoms with Gasteiger partial charge in [0.05, 0.1) is 30.5 Å². The first-order chi connectivity index (χ1) is 9.04. The van der Waals surface area contributed by atoms with Crippen molar-refractivity contribution >= 4 is 24.0 Å². The van der Waals surface area contributed by atoms with Crippen molar-refractivity contribution < 1.29 is 4.79 Å². The van der Waals surface area contributed by atoms with Gasteiger partial charge in [0.2, 0.25) is 5.91 Å². The quantitative estimate of drug-likeness (QED) is 0.888. The summed E-state index contributed by atoms with van der Waals surface area (Å²) in [5.74, 6) is -0.0753. The molecule has 3 N–H and O–H groups in total. The van der Waals surface area contributed by atoms with Crippen LogP contribution in [0.15, 0.2) is 30.7 Å². The Balaban J connectivity index is 0.00000200. The zero-order valence-corrected chi connectivity index (χ0v) is 12.2. The van der Waals surface area contributed by atoms with E-state index in [-0.39, 0.29) is 30.8 Å². The number of pyridine rings is 1. The molecule has 1 unspecified atom stereocenters. The maximum Gasteiger partial charge on any atom is 0.226 e. The number of rotatable bonds is 4. The topological polar surface area (TPSA) is 85.8 Å². The van der Waals surface area contributed by atoms with E-state index in [1.165, 1.54) is 0 Å². The van der Waals surface area contributed by atoms with E-state index in [1.807, 2.05) is 20.2 Å². The standard InChI is InChI=1S/C13H17N5O.ClH/c1-9(10-6-16-18(2)8-10)17-13(19)5-12-4-3-11(14)7-15-12;/h3-4,6-9H,5,14H2,1-2H3,(H,17,19);1H. The Morgan fingerprint density at radius 3 is 2.75 bits per heavy atom. The Labute approximate surface area is 123 Å². The van der Waals surface area contributed by atoms with Crippen LogP contribution in [0.25, 0.3) is 0 Å². The lowest BCUT2D eigenvalue weighted by Crippen LogP contribution is -2.28. The molecule has 0 radical (unpaired) electrons. The number of nitrogens with one attached hydrogen (secondary N) is 1. The Morgan fingerprint density at radius 2 is 2.20 bits per heavy atom. The maximum absolute atomic E-state index is 11.9. The Kier molecular flexibility index (Phi) is 5.52. The molecular weight excluding hydrogens is 278 g/mol. The molecule has 0 fully saturated rings. The Bertz CT molecular complexity index is 566. The molecular formula is C13H18ClN5O. The van der Waals surface area contributed by atoms with E-state index in [0.717, 1.165) is 5.56 Å². The minimum Gasteiger partial charge on any atom is -0.397 e. The highest BCUT2D eigenvalue weighted by Crippen LogP contribution is 2.10. The molecule has 20 heavy (non-hydrogen) atoms. The number of hydrogen-bond acceptors (Lipinski definition) is 4. The Morgan fingerprint density at radius 1 is 1.45 bits per heavy atom. The van der Waals surface area contributed by atoms with Crippen LogP contribution >= 0.6 is 12.4 Å². The normalized spacial score (nSPS) is 11.5. The van der Waals surface area contributed by atoms with E-state index in [0.29, 0.717) is 11.4 Å². The van der Waals surface area contributed by atoms with Crippen LogP contribution in [-0.2, 0) is 18.3 Å². The fourth-order valence-corrected chi connectivity index (χ4v) is 1.74. The molecule has 0 bridgehead atoms. The second-order valence-corrected chi connectivity index (χ2v) is 4.50. The number of hydrogen-bond donors (Lipinski definition) is 2. The van der Waals surface area contributed by atoms with Crippen molar-refractivity contribution in [2.75, 3.05) is 5.73 Å². The highest BCUT2D eigenvalue weighted by Gasteiger charge is 2.11. The summed E-state index contributed by atoms with van der Waals surface area (Å²) in [5.41, 5.74) is 7.81. The summed E-state index contributed by atoms with van der Waals surface area (Å²) in [6.45, 7) is 1.92. The number of aromatic nitrogens is 3. The molecule has 0 aliphatic heterocycles. The molecule has 2 rings (SSSR count). The highest BCUT2D eigenvalue weighted by atomic mass is 35.5. The summed E-state index contributed by atoms with van der Waals surface area (Å²) in [5, 5.41) is 6.99. The fraction of sp³-hybridized carbons (Fsp3) is 0.308. The molecule has 2 heterocycles. The third kappa shape index (κ3) is 4.24. The van der Waals surface area contributed by atoms with Gasteiger partial charge in [-0.3, -0.25) is 14.5 Å². The smallest absolute Gasteiger partial charge is 0.226 e. The van der Waals surface area contributed by atoms with Crippen LogP contribution in [0.5, 0.6) is 0 Å². The molecule has 0 aliphatic rings. The number of aryl methyl sites for hydroxylation is 1. The van der Waals surface area contributed by atoms with Crippen LogP contribution in [0, 0.1) is 0 Å². The summed E-state index contributed by atoms with van der Waals surface area (Å²) >= 11 is 0. The molecule has 108 valence electrons. The largest absolute Gasteiger partial charge is 0.397 e. The highest BCUT2D eigenvalue weighted by molar-refractivity contribution is 5.85. The molecule has 0 aliphatic carbocycles. The number of amides is 1. The van der Waals surface area contributed by atoms with Crippen LogP contribution in [0.4, 0.5) is 5.69 Å². The lowest BCUT2D eigenvalue weighted by atomic mass is 10.2. The number of nitrogens with zero attached hydrogens (tertiary/aromatic N) is 3. The first kappa shape index (κ1) is 16.0. The van der Waals surface area contributed by atoms with Gasteiger partial charge in [0, 0.05) is 24.5 Å². The van der Waals surface area contributed by atoms with E-state index in [4.69, 9.17) is 5.73 Å². The third-order valence-corrected chi connectivity index (χ3v) is 2.79. The average molecular weight is 296 g/mol. The maximum atomic E-state index is 11.9. The fourth-order valence-electron chi connectivity index (χ4n) is 1.74. The van der Waals surface area contributed by atoms with Crippen molar-refractivity contribution in [3.63, 3.8) is 0 Å².